The minimum atomic E-state index is -0.592. The van der Waals surface area contributed by atoms with E-state index in [-0.39, 0.29) is 23.7 Å². The van der Waals surface area contributed by atoms with Crippen molar-refractivity contribution in [3.05, 3.63) is 28.7 Å². The van der Waals surface area contributed by atoms with Gasteiger partial charge in [-0.3, -0.25) is 14.4 Å². The van der Waals surface area contributed by atoms with Gasteiger partial charge < -0.3 is 15.0 Å². The van der Waals surface area contributed by atoms with Crippen LogP contribution in [0.2, 0.25) is 0 Å². The molecular weight excluding hydrogens is 432 g/mol. The topological polar surface area (TPSA) is 75.7 Å². The summed E-state index contributed by atoms with van der Waals surface area (Å²) in [5.41, 5.74) is 0. The highest BCUT2D eigenvalue weighted by Crippen LogP contribution is 2.24. The van der Waals surface area contributed by atoms with Crippen LogP contribution in [-0.2, 0) is 19.1 Å². The second-order valence-corrected chi connectivity index (χ2v) is 8.38. The van der Waals surface area contributed by atoms with Crippen molar-refractivity contribution < 1.29 is 19.1 Å². The summed E-state index contributed by atoms with van der Waals surface area (Å²) in [6, 6.07) is 7.22. The lowest BCUT2D eigenvalue weighted by Gasteiger charge is -2.33. The lowest BCUT2D eigenvalue weighted by molar-refractivity contribution is -0.151. The van der Waals surface area contributed by atoms with Gasteiger partial charge in [0.05, 0.1) is 12.5 Å². The molecule has 0 radical (unpaired) electrons. The van der Waals surface area contributed by atoms with E-state index in [1.54, 1.807) is 11.8 Å². The van der Waals surface area contributed by atoms with Gasteiger partial charge in [-0.15, -0.1) is 11.8 Å². The van der Waals surface area contributed by atoms with Crippen LogP contribution in [0.5, 0.6) is 0 Å². The predicted molar refractivity (Wildman–Crippen MR) is 108 cm³/mol. The standard InChI is InChI=1S/C19H25BrN2O4S/c1-3-26-19(25)14-7-9-22(10-8-14)18(24)17(21-13(2)23)12-27-16-6-4-5-15(20)11-16/h4-6,11,14,17H,3,7-10,12H2,1-2H3,(H,21,23). The van der Waals surface area contributed by atoms with Crippen molar-refractivity contribution in [2.24, 2.45) is 5.92 Å². The SMILES string of the molecule is CCOC(=O)C1CCN(C(=O)C(CSc2cccc(Br)c2)NC(C)=O)CC1. The van der Waals surface area contributed by atoms with Crippen molar-refractivity contribution in [1.82, 2.24) is 10.2 Å². The first-order valence-corrected chi connectivity index (χ1v) is 10.8. The third kappa shape index (κ3) is 6.84. The van der Waals surface area contributed by atoms with Gasteiger partial charge in [-0.2, -0.15) is 0 Å². The Hall–Kier alpha value is -1.54. The molecule has 0 aliphatic carbocycles. The summed E-state index contributed by atoms with van der Waals surface area (Å²) in [5, 5.41) is 2.76. The Morgan fingerprint density at radius 2 is 2.04 bits per heavy atom. The number of nitrogens with zero attached hydrogens (tertiary/aromatic N) is 1. The number of hydrogen-bond donors (Lipinski definition) is 1. The number of thioether (sulfide) groups is 1. The van der Waals surface area contributed by atoms with Gasteiger partial charge in [-0.25, -0.2) is 0 Å². The van der Waals surface area contributed by atoms with Gasteiger partial charge in [0.2, 0.25) is 11.8 Å². The van der Waals surface area contributed by atoms with Crippen molar-refractivity contribution in [3.63, 3.8) is 0 Å². The van der Waals surface area contributed by atoms with Gasteiger partial charge in [0.15, 0.2) is 0 Å². The number of esters is 1. The molecule has 1 aromatic rings. The molecule has 0 saturated carbocycles. The summed E-state index contributed by atoms with van der Waals surface area (Å²) in [7, 11) is 0. The molecule has 1 saturated heterocycles. The van der Waals surface area contributed by atoms with E-state index in [9.17, 15) is 14.4 Å². The highest BCUT2D eigenvalue weighted by molar-refractivity contribution is 9.10. The lowest BCUT2D eigenvalue weighted by Crippen LogP contribution is -2.52. The van der Waals surface area contributed by atoms with E-state index in [1.165, 1.54) is 18.7 Å². The number of halogens is 1. The summed E-state index contributed by atoms with van der Waals surface area (Å²) < 4.78 is 6.04. The number of nitrogens with one attached hydrogen (secondary N) is 1. The zero-order valence-corrected chi connectivity index (χ0v) is 18.0. The van der Waals surface area contributed by atoms with Crippen molar-refractivity contribution in [2.75, 3.05) is 25.4 Å². The van der Waals surface area contributed by atoms with Crippen LogP contribution in [0.1, 0.15) is 26.7 Å². The third-order valence-corrected chi connectivity index (χ3v) is 5.90. The molecule has 2 amide bonds. The molecule has 1 atom stereocenters. The Labute approximate surface area is 172 Å². The first-order valence-electron chi connectivity index (χ1n) is 9.01. The number of carbonyl (C=O) groups excluding carboxylic acids is 3. The van der Waals surface area contributed by atoms with E-state index in [0.29, 0.717) is 38.3 Å². The lowest BCUT2D eigenvalue weighted by atomic mass is 9.96. The van der Waals surface area contributed by atoms with Crippen molar-refractivity contribution in [2.45, 2.75) is 37.6 Å². The second kappa shape index (κ2) is 10.7. The molecule has 1 fully saturated rings. The van der Waals surface area contributed by atoms with E-state index >= 15 is 0 Å². The van der Waals surface area contributed by atoms with Gasteiger partial charge in [0.1, 0.15) is 6.04 Å². The maximum absolute atomic E-state index is 12.9. The predicted octanol–water partition coefficient (Wildman–Crippen LogP) is 2.85. The molecule has 0 bridgehead atoms. The van der Waals surface area contributed by atoms with Crippen LogP contribution < -0.4 is 5.32 Å². The highest BCUT2D eigenvalue weighted by Gasteiger charge is 2.31. The van der Waals surface area contributed by atoms with Crippen LogP contribution >= 0.6 is 27.7 Å². The zero-order valence-electron chi connectivity index (χ0n) is 15.6. The molecular formula is C19H25BrN2O4S. The van der Waals surface area contributed by atoms with Gasteiger partial charge >= 0.3 is 5.97 Å². The van der Waals surface area contributed by atoms with Crippen molar-refractivity contribution in [3.8, 4) is 0 Å². The van der Waals surface area contributed by atoms with E-state index in [2.05, 4.69) is 21.2 Å². The molecule has 1 aliphatic rings. The summed E-state index contributed by atoms with van der Waals surface area (Å²) in [5.74, 6) is -0.218. The van der Waals surface area contributed by atoms with Crippen LogP contribution in [0.15, 0.2) is 33.6 Å². The fourth-order valence-electron chi connectivity index (χ4n) is 2.97. The molecule has 148 valence electrons. The number of hydrogen-bond acceptors (Lipinski definition) is 5. The van der Waals surface area contributed by atoms with Crippen LogP contribution in [-0.4, -0.2) is 54.2 Å². The molecule has 1 aliphatic heterocycles. The van der Waals surface area contributed by atoms with E-state index in [0.717, 1.165) is 9.37 Å². The number of amides is 2. The van der Waals surface area contributed by atoms with E-state index in [4.69, 9.17) is 4.74 Å². The molecule has 2 rings (SSSR count). The normalized spacial score (nSPS) is 15.9. The number of likely N-dealkylation sites (tertiary alicyclic amines) is 1. The number of ether oxygens (including phenoxy) is 1. The molecule has 27 heavy (non-hydrogen) atoms. The molecule has 0 aromatic heterocycles. The summed E-state index contributed by atoms with van der Waals surface area (Å²) >= 11 is 4.96. The Morgan fingerprint density at radius 3 is 2.63 bits per heavy atom. The van der Waals surface area contributed by atoms with Gasteiger partial charge in [-0.05, 0) is 38.0 Å². The molecule has 1 heterocycles. The quantitative estimate of drug-likeness (QED) is 0.504. The van der Waals surface area contributed by atoms with Crippen LogP contribution in [0.3, 0.4) is 0 Å². The molecule has 1 aromatic carbocycles. The van der Waals surface area contributed by atoms with Crippen LogP contribution in [0.4, 0.5) is 0 Å². The molecule has 8 heteroatoms. The number of benzene rings is 1. The van der Waals surface area contributed by atoms with E-state index < -0.39 is 6.04 Å². The second-order valence-electron chi connectivity index (χ2n) is 6.37. The van der Waals surface area contributed by atoms with Crippen LogP contribution in [0.25, 0.3) is 0 Å². The minimum absolute atomic E-state index is 0.102. The molecule has 1 N–H and O–H groups in total. The minimum Gasteiger partial charge on any atom is -0.466 e. The largest absolute Gasteiger partial charge is 0.466 e. The number of carbonyl (C=O) groups is 3. The fourth-order valence-corrected chi connectivity index (χ4v) is 4.49. The number of rotatable bonds is 7. The van der Waals surface area contributed by atoms with Gasteiger partial charge in [0.25, 0.3) is 0 Å². The van der Waals surface area contributed by atoms with Crippen LogP contribution in [0, 0.1) is 5.92 Å². The summed E-state index contributed by atoms with van der Waals surface area (Å²) in [4.78, 5) is 39.1. The first-order chi connectivity index (χ1) is 12.9. The Morgan fingerprint density at radius 1 is 1.33 bits per heavy atom. The summed E-state index contributed by atoms with van der Waals surface area (Å²) in [6.45, 7) is 4.57. The third-order valence-electron chi connectivity index (χ3n) is 4.31. The molecule has 0 spiro atoms. The van der Waals surface area contributed by atoms with Gasteiger partial charge in [-0.1, -0.05) is 22.0 Å². The maximum atomic E-state index is 12.9. The maximum Gasteiger partial charge on any atom is 0.309 e. The van der Waals surface area contributed by atoms with Gasteiger partial charge in [0, 0.05) is 35.1 Å². The Bertz CT molecular complexity index is 677. The van der Waals surface area contributed by atoms with Crippen molar-refractivity contribution >= 4 is 45.5 Å². The average Bonchev–Trinajstić information content (AvgIpc) is 2.64. The monoisotopic (exact) mass is 456 g/mol. The smallest absolute Gasteiger partial charge is 0.309 e. The summed E-state index contributed by atoms with van der Waals surface area (Å²) in [6.07, 6.45) is 1.19. The van der Waals surface area contributed by atoms with Crippen molar-refractivity contribution in [1.29, 1.82) is 0 Å². The number of piperidine rings is 1. The Kier molecular flexibility index (Phi) is 8.63. The molecule has 1 unspecified atom stereocenters. The first kappa shape index (κ1) is 21.8. The zero-order chi connectivity index (χ0) is 19.8. The fraction of sp³-hybridized carbons (Fsp3) is 0.526. The molecule has 6 nitrogen and oxygen atoms in total. The highest BCUT2D eigenvalue weighted by atomic mass is 79.9. The van der Waals surface area contributed by atoms with E-state index in [1.807, 2.05) is 24.3 Å². The average molecular weight is 457 g/mol. The Balaban J connectivity index is 1.94.